The highest BCUT2D eigenvalue weighted by Crippen LogP contribution is 2.28. The van der Waals surface area contributed by atoms with Crippen molar-refractivity contribution in [3.63, 3.8) is 0 Å². The largest absolute Gasteiger partial charge is 0.493 e. The maximum absolute atomic E-state index is 5.99. The number of fused-ring (bicyclic) bond motifs is 1. The van der Waals surface area contributed by atoms with Crippen molar-refractivity contribution in [2.45, 2.75) is 46.4 Å². The molecule has 0 saturated carbocycles. The minimum Gasteiger partial charge on any atom is -0.493 e. The van der Waals surface area contributed by atoms with E-state index in [9.17, 15) is 0 Å². The predicted molar refractivity (Wildman–Crippen MR) is 112 cm³/mol. The van der Waals surface area contributed by atoms with Crippen molar-refractivity contribution in [2.24, 2.45) is 0 Å². The van der Waals surface area contributed by atoms with E-state index < -0.39 is 0 Å². The highest BCUT2D eigenvalue weighted by molar-refractivity contribution is 5.87. The second-order valence-corrected chi connectivity index (χ2v) is 7.03. The van der Waals surface area contributed by atoms with Crippen molar-refractivity contribution in [3.05, 3.63) is 71.8 Å². The summed E-state index contributed by atoms with van der Waals surface area (Å²) in [5.41, 5.74) is 2.46. The van der Waals surface area contributed by atoms with Gasteiger partial charge in [0.15, 0.2) is 0 Å². The molecule has 142 valence electrons. The zero-order chi connectivity index (χ0) is 19.1. The molecule has 0 unspecified atom stereocenters. The van der Waals surface area contributed by atoms with Gasteiger partial charge in [0, 0.05) is 18.7 Å². The summed E-state index contributed by atoms with van der Waals surface area (Å²) >= 11 is 0. The summed E-state index contributed by atoms with van der Waals surface area (Å²) in [6, 6.07) is 21.0. The molecule has 0 spiro atoms. The number of benzene rings is 3. The Hall–Kier alpha value is -2.52. The number of ether oxygens (including phenoxy) is 2. The van der Waals surface area contributed by atoms with Crippen LogP contribution in [0.4, 0.5) is 0 Å². The van der Waals surface area contributed by atoms with Gasteiger partial charge in [-0.2, -0.15) is 0 Å². The zero-order valence-corrected chi connectivity index (χ0v) is 16.5. The molecule has 0 aromatic heterocycles. The third-order valence-electron chi connectivity index (χ3n) is 4.39. The lowest BCUT2D eigenvalue weighted by molar-refractivity contribution is 0.242. The van der Waals surface area contributed by atoms with Gasteiger partial charge in [0.05, 0.1) is 12.7 Å². The lowest BCUT2D eigenvalue weighted by Crippen LogP contribution is -2.14. The summed E-state index contributed by atoms with van der Waals surface area (Å²) in [5.74, 6) is 1.89. The van der Waals surface area contributed by atoms with Crippen LogP contribution in [-0.2, 0) is 13.1 Å². The quantitative estimate of drug-likeness (QED) is 0.528. The van der Waals surface area contributed by atoms with E-state index in [0.29, 0.717) is 0 Å². The summed E-state index contributed by atoms with van der Waals surface area (Å²) < 4.78 is 11.7. The molecular weight excluding hydrogens is 334 g/mol. The number of hydrogen-bond donors (Lipinski definition) is 1. The Bertz CT molecular complexity index is 856. The van der Waals surface area contributed by atoms with Crippen LogP contribution in [0.1, 0.15) is 38.3 Å². The van der Waals surface area contributed by atoms with Gasteiger partial charge in [0.1, 0.15) is 11.5 Å². The predicted octanol–water partition coefficient (Wildman–Crippen LogP) is 5.71. The lowest BCUT2D eigenvalue weighted by atomic mass is 10.0. The molecule has 0 radical (unpaired) electrons. The van der Waals surface area contributed by atoms with E-state index in [-0.39, 0.29) is 6.10 Å². The minimum absolute atomic E-state index is 0.196. The summed E-state index contributed by atoms with van der Waals surface area (Å²) in [6.45, 7) is 8.52. The molecule has 0 amide bonds. The van der Waals surface area contributed by atoms with Crippen molar-refractivity contribution < 1.29 is 9.47 Å². The van der Waals surface area contributed by atoms with E-state index >= 15 is 0 Å². The Morgan fingerprint density at radius 2 is 1.67 bits per heavy atom. The van der Waals surface area contributed by atoms with Crippen LogP contribution in [0, 0.1) is 0 Å². The standard InChI is InChI=1S/C24H29NO2/c1-4-15-26-24-14-11-20-7-5-6-8-22(20)23(24)17-25-16-19-9-12-21(13-10-19)27-18(2)3/h5-14,18,25H,4,15-17H2,1-3H3. The number of rotatable bonds is 9. The van der Waals surface area contributed by atoms with E-state index in [2.05, 4.69) is 60.8 Å². The third kappa shape index (κ3) is 5.24. The average molecular weight is 364 g/mol. The van der Waals surface area contributed by atoms with Gasteiger partial charge in [0.25, 0.3) is 0 Å². The molecular formula is C24H29NO2. The second-order valence-electron chi connectivity index (χ2n) is 7.03. The Balaban J connectivity index is 1.70. The van der Waals surface area contributed by atoms with E-state index in [4.69, 9.17) is 9.47 Å². The molecule has 0 aliphatic heterocycles. The molecule has 0 aliphatic carbocycles. The van der Waals surface area contributed by atoms with Gasteiger partial charge in [0.2, 0.25) is 0 Å². The molecule has 1 N–H and O–H groups in total. The molecule has 3 heteroatoms. The fraction of sp³-hybridized carbons (Fsp3) is 0.333. The van der Waals surface area contributed by atoms with E-state index in [0.717, 1.165) is 37.6 Å². The van der Waals surface area contributed by atoms with Crippen LogP contribution in [-0.4, -0.2) is 12.7 Å². The van der Waals surface area contributed by atoms with Crippen LogP contribution in [0.2, 0.25) is 0 Å². The first-order chi connectivity index (χ1) is 13.2. The van der Waals surface area contributed by atoms with E-state index in [1.54, 1.807) is 0 Å². The Labute approximate surface area is 162 Å². The first kappa shape index (κ1) is 19.2. The van der Waals surface area contributed by atoms with Gasteiger partial charge in [-0.1, -0.05) is 49.4 Å². The van der Waals surface area contributed by atoms with Gasteiger partial charge in [-0.25, -0.2) is 0 Å². The van der Waals surface area contributed by atoms with E-state index in [1.165, 1.54) is 21.9 Å². The highest BCUT2D eigenvalue weighted by atomic mass is 16.5. The molecule has 0 saturated heterocycles. The molecule has 0 bridgehead atoms. The second kappa shape index (κ2) is 9.43. The van der Waals surface area contributed by atoms with Crippen LogP contribution in [0.5, 0.6) is 11.5 Å². The molecule has 0 aliphatic rings. The molecule has 3 rings (SSSR count). The normalized spacial score (nSPS) is 11.1. The zero-order valence-electron chi connectivity index (χ0n) is 16.5. The Kier molecular flexibility index (Phi) is 6.72. The first-order valence-corrected chi connectivity index (χ1v) is 9.77. The fourth-order valence-corrected chi connectivity index (χ4v) is 3.14. The maximum atomic E-state index is 5.99. The number of nitrogens with one attached hydrogen (secondary N) is 1. The van der Waals surface area contributed by atoms with E-state index in [1.807, 2.05) is 26.0 Å². The van der Waals surface area contributed by atoms with Crippen molar-refractivity contribution in [1.82, 2.24) is 5.32 Å². The van der Waals surface area contributed by atoms with Crippen molar-refractivity contribution in [3.8, 4) is 11.5 Å². The van der Waals surface area contributed by atoms with Crippen molar-refractivity contribution >= 4 is 10.8 Å². The van der Waals surface area contributed by atoms with Gasteiger partial charge in [-0.3, -0.25) is 0 Å². The van der Waals surface area contributed by atoms with Gasteiger partial charge >= 0.3 is 0 Å². The summed E-state index contributed by atoms with van der Waals surface area (Å²) in [4.78, 5) is 0. The molecule has 3 aromatic rings. The summed E-state index contributed by atoms with van der Waals surface area (Å²) in [6.07, 6.45) is 1.20. The average Bonchev–Trinajstić information content (AvgIpc) is 2.68. The fourth-order valence-electron chi connectivity index (χ4n) is 3.14. The topological polar surface area (TPSA) is 30.5 Å². The minimum atomic E-state index is 0.196. The summed E-state index contributed by atoms with van der Waals surface area (Å²) in [5, 5.41) is 6.06. The van der Waals surface area contributed by atoms with Crippen LogP contribution in [0.15, 0.2) is 60.7 Å². The smallest absolute Gasteiger partial charge is 0.124 e. The first-order valence-electron chi connectivity index (χ1n) is 9.77. The highest BCUT2D eigenvalue weighted by Gasteiger charge is 2.09. The molecule has 3 aromatic carbocycles. The maximum Gasteiger partial charge on any atom is 0.124 e. The Morgan fingerprint density at radius 1 is 0.889 bits per heavy atom. The van der Waals surface area contributed by atoms with Crippen LogP contribution in [0.3, 0.4) is 0 Å². The van der Waals surface area contributed by atoms with Crippen LogP contribution in [0.25, 0.3) is 10.8 Å². The summed E-state index contributed by atoms with van der Waals surface area (Å²) in [7, 11) is 0. The molecule has 0 atom stereocenters. The van der Waals surface area contributed by atoms with Gasteiger partial charge in [-0.05, 0) is 54.8 Å². The van der Waals surface area contributed by atoms with Crippen molar-refractivity contribution in [1.29, 1.82) is 0 Å². The lowest BCUT2D eigenvalue weighted by Gasteiger charge is -2.15. The molecule has 0 heterocycles. The Morgan fingerprint density at radius 3 is 2.41 bits per heavy atom. The monoisotopic (exact) mass is 363 g/mol. The van der Waals surface area contributed by atoms with Crippen molar-refractivity contribution in [2.75, 3.05) is 6.61 Å². The van der Waals surface area contributed by atoms with Gasteiger partial charge in [-0.15, -0.1) is 0 Å². The third-order valence-corrected chi connectivity index (χ3v) is 4.39. The number of hydrogen-bond acceptors (Lipinski definition) is 3. The van der Waals surface area contributed by atoms with Crippen LogP contribution < -0.4 is 14.8 Å². The van der Waals surface area contributed by atoms with Crippen LogP contribution >= 0.6 is 0 Å². The van der Waals surface area contributed by atoms with Gasteiger partial charge < -0.3 is 14.8 Å². The molecule has 0 fully saturated rings. The SMILES string of the molecule is CCCOc1ccc2ccccc2c1CNCc1ccc(OC(C)C)cc1. The molecule has 3 nitrogen and oxygen atoms in total. The molecule has 27 heavy (non-hydrogen) atoms.